The average Bonchev–Trinajstić information content (AvgIpc) is 3.39. The third kappa shape index (κ3) is 3.74. The number of aryl methyl sites for hydroxylation is 1. The van der Waals surface area contributed by atoms with Gasteiger partial charge in [-0.25, -0.2) is 14.6 Å². The van der Waals surface area contributed by atoms with Gasteiger partial charge in [-0.1, -0.05) is 0 Å². The van der Waals surface area contributed by atoms with E-state index < -0.39 is 0 Å². The first-order valence-corrected chi connectivity index (χ1v) is 9.29. The summed E-state index contributed by atoms with van der Waals surface area (Å²) in [6.45, 7) is 2.97. The van der Waals surface area contributed by atoms with Gasteiger partial charge in [-0.3, -0.25) is 0 Å². The molecule has 3 aromatic rings. The summed E-state index contributed by atoms with van der Waals surface area (Å²) in [6.07, 6.45) is 7.92. The quantitative estimate of drug-likeness (QED) is 0.600. The van der Waals surface area contributed by atoms with Gasteiger partial charge in [-0.15, -0.1) is 0 Å². The van der Waals surface area contributed by atoms with Gasteiger partial charge < -0.3 is 20.7 Å². The Labute approximate surface area is 163 Å². The summed E-state index contributed by atoms with van der Waals surface area (Å²) < 4.78 is 7.23. The van der Waals surface area contributed by atoms with Gasteiger partial charge in [0.1, 0.15) is 11.5 Å². The first-order chi connectivity index (χ1) is 13.7. The fraction of sp³-hybridized carbons (Fsp3) is 0.368. The molecular weight excluding hydrogens is 356 g/mol. The van der Waals surface area contributed by atoms with Crippen molar-refractivity contribution in [3.8, 4) is 11.6 Å². The van der Waals surface area contributed by atoms with Crippen LogP contribution in [0.5, 0.6) is 5.88 Å². The normalized spacial score (nSPS) is 16.2. The molecule has 9 heteroatoms. The Morgan fingerprint density at radius 2 is 2.14 bits per heavy atom. The van der Waals surface area contributed by atoms with E-state index in [0.717, 1.165) is 35.9 Å². The van der Waals surface area contributed by atoms with Gasteiger partial charge in [0, 0.05) is 36.6 Å². The number of methoxy groups -OCH3 is 1. The number of rotatable bonds is 6. The summed E-state index contributed by atoms with van der Waals surface area (Å²) in [6, 6.07) is 4.16. The molecule has 1 unspecified atom stereocenters. The van der Waals surface area contributed by atoms with Crippen LogP contribution >= 0.6 is 0 Å². The van der Waals surface area contributed by atoms with Gasteiger partial charge in [0.15, 0.2) is 0 Å². The van der Waals surface area contributed by atoms with E-state index in [1.165, 1.54) is 12.0 Å². The van der Waals surface area contributed by atoms with E-state index in [0.29, 0.717) is 17.9 Å². The number of nitrogens with zero attached hydrogens (tertiary/aromatic N) is 5. The van der Waals surface area contributed by atoms with Crippen molar-refractivity contribution in [3.63, 3.8) is 0 Å². The molecule has 0 saturated carbocycles. The second-order valence-electron chi connectivity index (χ2n) is 6.71. The highest BCUT2D eigenvalue weighted by molar-refractivity contribution is 5.60. The highest BCUT2D eigenvalue weighted by Gasteiger charge is 2.19. The maximum atomic E-state index is 5.44. The molecule has 3 N–H and O–H groups in total. The highest BCUT2D eigenvalue weighted by Crippen LogP contribution is 2.27. The monoisotopic (exact) mass is 380 g/mol. The summed E-state index contributed by atoms with van der Waals surface area (Å²) in [5, 5.41) is 14.2. The second kappa shape index (κ2) is 7.81. The average molecular weight is 380 g/mol. The number of anilines is 3. The van der Waals surface area contributed by atoms with Crippen LogP contribution in [-0.2, 0) is 0 Å². The standard InChI is InChI=1S/C19H24N8O/c1-12-7-17(20-2)26-19(24-12)25-14-8-16(18(28-3)22-10-14)27-11-13(9-23-27)15-5-4-6-21-15/h7-11,15,21H,4-6H2,1-3H3,(H2,20,24,25,26). The third-order valence-electron chi connectivity index (χ3n) is 4.70. The van der Waals surface area contributed by atoms with Crippen molar-refractivity contribution in [2.75, 3.05) is 31.3 Å². The van der Waals surface area contributed by atoms with E-state index in [1.807, 2.05) is 38.5 Å². The van der Waals surface area contributed by atoms with Gasteiger partial charge in [0.05, 0.1) is 25.2 Å². The van der Waals surface area contributed by atoms with Crippen LogP contribution in [0, 0.1) is 6.92 Å². The summed E-state index contributed by atoms with van der Waals surface area (Å²) >= 11 is 0. The molecule has 9 nitrogen and oxygen atoms in total. The number of pyridine rings is 1. The minimum atomic E-state index is 0.356. The molecule has 0 bridgehead atoms. The molecule has 4 heterocycles. The van der Waals surface area contributed by atoms with Crippen LogP contribution in [0.15, 0.2) is 30.7 Å². The summed E-state index contributed by atoms with van der Waals surface area (Å²) in [5.41, 5.74) is 3.53. The fourth-order valence-electron chi connectivity index (χ4n) is 3.33. The summed E-state index contributed by atoms with van der Waals surface area (Å²) in [5.74, 6) is 1.75. The molecule has 1 saturated heterocycles. The molecule has 1 fully saturated rings. The largest absolute Gasteiger partial charge is 0.479 e. The molecule has 1 aliphatic heterocycles. The van der Waals surface area contributed by atoms with Crippen molar-refractivity contribution in [3.05, 3.63) is 42.0 Å². The minimum Gasteiger partial charge on any atom is -0.479 e. The lowest BCUT2D eigenvalue weighted by molar-refractivity contribution is 0.395. The van der Waals surface area contributed by atoms with Crippen molar-refractivity contribution in [1.82, 2.24) is 30.0 Å². The third-order valence-corrected chi connectivity index (χ3v) is 4.70. The van der Waals surface area contributed by atoms with Gasteiger partial charge in [-0.2, -0.15) is 10.1 Å². The van der Waals surface area contributed by atoms with Gasteiger partial charge in [0.2, 0.25) is 11.8 Å². The van der Waals surface area contributed by atoms with Crippen molar-refractivity contribution < 1.29 is 4.74 Å². The molecular formula is C19H24N8O. The van der Waals surface area contributed by atoms with Gasteiger partial charge >= 0.3 is 0 Å². The molecule has 0 amide bonds. The van der Waals surface area contributed by atoms with Crippen LogP contribution in [0.3, 0.4) is 0 Å². The number of aromatic nitrogens is 5. The molecule has 1 aliphatic rings. The number of ether oxygens (including phenoxy) is 1. The van der Waals surface area contributed by atoms with Crippen LogP contribution in [0.1, 0.15) is 30.1 Å². The highest BCUT2D eigenvalue weighted by atomic mass is 16.5. The van der Waals surface area contributed by atoms with Crippen molar-refractivity contribution in [1.29, 1.82) is 0 Å². The molecule has 4 rings (SSSR count). The lowest BCUT2D eigenvalue weighted by atomic mass is 10.1. The Hall–Kier alpha value is -3.20. The van der Waals surface area contributed by atoms with E-state index in [1.54, 1.807) is 18.0 Å². The molecule has 0 aromatic carbocycles. The number of hydrogen-bond donors (Lipinski definition) is 3. The maximum absolute atomic E-state index is 5.44. The van der Waals surface area contributed by atoms with E-state index >= 15 is 0 Å². The van der Waals surface area contributed by atoms with Crippen LogP contribution in [0.2, 0.25) is 0 Å². The predicted molar refractivity (Wildman–Crippen MR) is 107 cm³/mol. The Morgan fingerprint density at radius 1 is 1.25 bits per heavy atom. The maximum Gasteiger partial charge on any atom is 0.239 e. The zero-order chi connectivity index (χ0) is 19.5. The first kappa shape index (κ1) is 18.2. The lowest BCUT2D eigenvalue weighted by Crippen LogP contribution is -2.12. The second-order valence-corrected chi connectivity index (χ2v) is 6.71. The van der Waals surface area contributed by atoms with E-state index in [9.17, 15) is 0 Å². The van der Waals surface area contributed by atoms with E-state index in [4.69, 9.17) is 4.74 Å². The fourth-order valence-corrected chi connectivity index (χ4v) is 3.33. The molecule has 1 atom stereocenters. The Balaban J connectivity index is 1.64. The van der Waals surface area contributed by atoms with E-state index in [2.05, 4.69) is 36.0 Å². The topological polar surface area (TPSA) is 102 Å². The Kier molecular flexibility index (Phi) is 5.07. The zero-order valence-electron chi connectivity index (χ0n) is 16.2. The predicted octanol–water partition coefficient (Wildman–Crippen LogP) is 2.58. The Bertz CT molecular complexity index is 964. The molecule has 28 heavy (non-hydrogen) atoms. The van der Waals surface area contributed by atoms with Crippen molar-refractivity contribution >= 4 is 17.5 Å². The smallest absolute Gasteiger partial charge is 0.239 e. The van der Waals surface area contributed by atoms with Gasteiger partial charge in [-0.05, 0) is 32.4 Å². The van der Waals surface area contributed by atoms with Crippen LogP contribution in [-0.4, -0.2) is 45.4 Å². The van der Waals surface area contributed by atoms with Crippen LogP contribution in [0.4, 0.5) is 17.5 Å². The minimum absolute atomic E-state index is 0.356. The molecule has 3 aromatic heterocycles. The SMILES string of the molecule is CNc1cc(C)nc(Nc2cnc(OC)c(-n3cc(C4CCCN4)cn3)c2)n1. The van der Waals surface area contributed by atoms with Crippen molar-refractivity contribution in [2.24, 2.45) is 0 Å². The summed E-state index contributed by atoms with van der Waals surface area (Å²) in [7, 11) is 3.43. The molecule has 146 valence electrons. The van der Waals surface area contributed by atoms with Crippen LogP contribution < -0.4 is 20.7 Å². The van der Waals surface area contributed by atoms with Crippen molar-refractivity contribution in [2.45, 2.75) is 25.8 Å². The van der Waals surface area contributed by atoms with Gasteiger partial charge in [0.25, 0.3) is 0 Å². The molecule has 0 radical (unpaired) electrons. The molecule has 0 aliphatic carbocycles. The molecule has 0 spiro atoms. The summed E-state index contributed by atoms with van der Waals surface area (Å²) in [4.78, 5) is 13.3. The van der Waals surface area contributed by atoms with Crippen LogP contribution in [0.25, 0.3) is 5.69 Å². The zero-order valence-corrected chi connectivity index (χ0v) is 16.2. The van der Waals surface area contributed by atoms with E-state index in [-0.39, 0.29) is 0 Å². The lowest BCUT2D eigenvalue weighted by Gasteiger charge is -2.12. The number of nitrogens with one attached hydrogen (secondary N) is 3. The Morgan fingerprint density at radius 3 is 2.89 bits per heavy atom. The number of hydrogen-bond acceptors (Lipinski definition) is 8. The first-order valence-electron chi connectivity index (χ1n) is 9.29.